The van der Waals surface area contributed by atoms with Crippen LogP contribution < -0.4 is 4.74 Å². The summed E-state index contributed by atoms with van der Waals surface area (Å²) < 4.78 is 5.51. The molecular formula is C24H26ClNO4. The molecule has 30 heavy (non-hydrogen) atoms. The Balaban J connectivity index is 2.17. The van der Waals surface area contributed by atoms with Crippen molar-refractivity contribution in [3.8, 4) is 5.75 Å². The van der Waals surface area contributed by atoms with Gasteiger partial charge in [0.1, 0.15) is 11.5 Å². The molecule has 1 saturated heterocycles. The number of ether oxygens (including phenoxy) is 1. The molecule has 158 valence electrons. The Bertz CT molecular complexity index is 998. The Morgan fingerprint density at radius 3 is 2.60 bits per heavy atom. The van der Waals surface area contributed by atoms with Crippen molar-refractivity contribution in [2.45, 2.75) is 39.7 Å². The van der Waals surface area contributed by atoms with E-state index in [4.69, 9.17) is 16.3 Å². The number of aliphatic hydroxyl groups is 1. The Labute approximate surface area is 181 Å². The van der Waals surface area contributed by atoms with Gasteiger partial charge in [-0.3, -0.25) is 9.59 Å². The molecule has 0 aliphatic carbocycles. The highest BCUT2D eigenvalue weighted by molar-refractivity contribution is 6.46. The molecule has 0 spiro atoms. The largest absolute Gasteiger partial charge is 0.507 e. The standard InChI is InChI=1S/C24H26ClNO4/c1-4-6-12-26-21(16-9-7-8-15(3)13-16)20(23(28)24(26)29)22(27)17-10-11-18(25)19(14-17)30-5-2/h7-11,13-14,21,27H,4-6,12H2,1-3H3/b22-20-. The first-order valence-electron chi connectivity index (χ1n) is 10.2. The van der Waals surface area contributed by atoms with E-state index in [2.05, 4.69) is 0 Å². The molecule has 1 fully saturated rings. The molecule has 1 heterocycles. The molecule has 0 saturated carbocycles. The minimum Gasteiger partial charge on any atom is -0.507 e. The van der Waals surface area contributed by atoms with Crippen molar-refractivity contribution in [2.75, 3.05) is 13.2 Å². The summed E-state index contributed by atoms with van der Waals surface area (Å²) in [5.41, 5.74) is 2.28. The van der Waals surface area contributed by atoms with Crippen LogP contribution in [0.1, 0.15) is 49.4 Å². The molecule has 5 nitrogen and oxygen atoms in total. The average Bonchev–Trinajstić information content (AvgIpc) is 2.98. The number of rotatable bonds is 7. The van der Waals surface area contributed by atoms with Gasteiger partial charge in [-0.2, -0.15) is 0 Å². The number of aliphatic hydroxyl groups excluding tert-OH is 1. The van der Waals surface area contributed by atoms with Crippen LogP contribution in [0.25, 0.3) is 5.76 Å². The monoisotopic (exact) mass is 427 g/mol. The minimum absolute atomic E-state index is 0.0893. The number of carbonyl (C=O) groups excluding carboxylic acids is 2. The van der Waals surface area contributed by atoms with Crippen LogP contribution >= 0.6 is 11.6 Å². The maximum atomic E-state index is 13.0. The number of carbonyl (C=O) groups is 2. The Kier molecular flexibility index (Phi) is 6.83. The molecule has 1 unspecified atom stereocenters. The number of unbranched alkanes of at least 4 members (excludes halogenated alkanes) is 1. The summed E-state index contributed by atoms with van der Waals surface area (Å²) in [7, 11) is 0. The summed E-state index contributed by atoms with van der Waals surface area (Å²) in [4.78, 5) is 27.4. The quantitative estimate of drug-likeness (QED) is 0.371. The molecule has 1 aliphatic rings. The number of hydrogen-bond acceptors (Lipinski definition) is 4. The molecule has 1 atom stereocenters. The first kappa shape index (κ1) is 21.9. The Morgan fingerprint density at radius 2 is 1.93 bits per heavy atom. The highest BCUT2D eigenvalue weighted by Gasteiger charge is 2.45. The molecule has 1 amide bonds. The van der Waals surface area contributed by atoms with E-state index in [1.807, 2.05) is 45.0 Å². The van der Waals surface area contributed by atoms with E-state index < -0.39 is 17.7 Å². The van der Waals surface area contributed by atoms with Crippen molar-refractivity contribution >= 4 is 29.1 Å². The number of halogens is 1. The topological polar surface area (TPSA) is 66.8 Å². The molecule has 1 aliphatic heterocycles. The maximum Gasteiger partial charge on any atom is 0.295 e. The lowest BCUT2D eigenvalue weighted by molar-refractivity contribution is -0.139. The highest BCUT2D eigenvalue weighted by Crippen LogP contribution is 2.40. The fraction of sp³-hybridized carbons (Fsp3) is 0.333. The fourth-order valence-electron chi connectivity index (χ4n) is 3.70. The van der Waals surface area contributed by atoms with Crippen molar-refractivity contribution in [1.82, 2.24) is 4.90 Å². The second-order valence-corrected chi connectivity index (χ2v) is 7.75. The van der Waals surface area contributed by atoms with Crippen LogP contribution in [0.5, 0.6) is 5.75 Å². The number of hydrogen-bond donors (Lipinski definition) is 1. The van der Waals surface area contributed by atoms with Crippen LogP contribution in [0.4, 0.5) is 0 Å². The Hall–Kier alpha value is -2.79. The maximum absolute atomic E-state index is 13.0. The zero-order chi connectivity index (χ0) is 21.8. The van der Waals surface area contributed by atoms with Gasteiger partial charge in [-0.1, -0.05) is 54.8 Å². The van der Waals surface area contributed by atoms with E-state index in [1.54, 1.807) is 23.1 Å². The number of aryl methyl sites for hydroxylation is 1. The summed E-state index contributed by atoms with van der Waals surface area (Å²) in [6, 6.07) is 11.8. The normalized spacial score (nSPS) is 18.1. The zero-order valence-electron chi connectivity index (χ0n) is 17.4. The third-order valence-corrected chi connectivity index (χ3v) is 5.47. The van der Waals surface area contributed by atoms with Gasteiger partial charge in [-0.15, -0.1) is 0 Å². The number of benzene rings is 2. The fourth-order valence-corrected chi connectivity index (χ4v) is 3.87. The molecule has 0 bridgehead atoms. The van der Waals surface area contributed by atoms with Crippen molar-refractivity contribution in [3.63, 3.8) is 0 Å². The SMILES string of the molecule is CCCCN1C(=O)C(=O)/C(=C(\O)c2ccc(Cl)c(OCC)c2)C1c1cccc(C)c1. The predicted octanol–water partition coefficient (Wildman–Crippen LogP) is 5.27. The van der Waals surface area contributed by atoms with Gasteiger partial charge in [0.15, 0.2) is 0 Å². The zero-order valence-corrected chi connectivity index (χ0v) is 18.2. The van der Waals surface area contributed by atoms with Gasteiger partial charge in [0.05, 0.1) is 23.2 Å². The van der Waals surface area contributed by atoms with Crippen LogP contribution in [0.3, 0.4) is 0 Å². The molecule has 6 heteroatoms. The van der Waals surface area contributed by atoms with E-state index in [0.29, 0.717) is 29.5 Å². The second kappa shape index (κ2) is 9.35. The smallest absolute Gasteiger partial charge is 0.295 e. The number of Topliss-reactive ketones (excluding diaryl/α,β-unsaturated/α-hetero) is 1. The van der Waals surface area contributed by atoms with Crippen molar-refractivity contribution in [1.29, 1.82) is 0 Å². The number of ketones is 1. The van der Waals surface area contributed by atoms with Gasteiger partial charge in [-0.25, -0.2) is 0 Å². The number of likely N-dealkylation sites (tertiary alicyclic amines) is 1. The van der Waals surface area contributed by atoms with Crippen LogP contribution in [0, 0.1) is 6.92 Å². The second-order valence-electron chi connectivity index (χ2n) is 7.34. The van der Waals surface area contributed by atoms with Gasteiger partial charge >= 0.3 is 0 Å². The van der Waals surface area contributed by atoms with Gasteiger partial charge in [0.25, 0.3) is 11.7 Å². The van der Waals surface area contributed by atoms with Crippen molar-refractivity contribution in [3.05, 3.63) is 69.8 Å². The highest BCUT2D eigenvalue weighted by atomic mass is 35.5. The summed E-state index contributed by atoms with van der Waals surface area (Å²) in [6.07, 6.45) is 1.66. The molecule has 3 rings (SSSR count). The van der Waals surface area contributed by atoms with E-state index in [1.165, 1.54) is 0 Å². The third kappa shape index (κ3) is 4.21. The third-order valence-electron chi connectivity index (χ3n) is 5.15. The number of nitrogens with zero attached hydrogens (tertiary/aromatic N) is 1. The van der Waals surface area contributed by atoms with Gasteiger partial charge in [-0.05, 0) is 44.0 Å². The molecule has 2 aromatic carbocycles. The first-order valence-corrected chi connectivity index (χ1v) is 10.5. The lowest BCUT2D eigenvalue weighted by atomic mass is 9.94. The van der Waals surface area contributed by atoms with Crippen molar-refractivity contribution < 1.29 is 19.4 Å². The minimum atomic E-state index is -0.678. The molecular weight excluding hydrogens is 402 g/mol. The van der Waals surface area contributed by atoms with E-state index in [9.17, 15) is 14.7 Å². The van der Waals surface area contributed by atoms with Gasteiger partial charge in [0.2, 0.25) is 0 Å². The lowest BCUT2D eigenvalue weighted by Crippen LogP contribution is -2.30. The van der Waals surface area contributed by atoms with E-state index in [-0.39, 0.29) is 11.3 Å². The van der Waals surface area contributed by atoms with Crippen LogP contribution in [-0.4, -0.2) is 34.8 Å². The van der Waals surface area contributed by atoms with E-state index in [0.717, 1.165) is 24.0 Å². The summed E-state index contributed by atoms with van der Waals surface area (Å²) >= 11 is 6.16. The molecule has 0 aromatic heterocycles. The first-order chi connectivity index (χ1) is 14.4. The van der Waals surface area contributed by atoms with Gasteiger partial charge in [0, 0.05) is 12.1 Å². The van der Waals surface area contributed by atoms with Crippen LogP contribution in [0.15, 0.2) is 48.0 Å². The predicted molar refractivity (Wildman–Crippen MR) is 118 cm³/mol. The summed E-state index contributed by atoms with van der Waals surface area (Å²) in [6.45, 7) is 6.67. The molecule has 2 aromatic rings. The summed E-state index contributed by atoms with van der Waals surface area (Å²) in [5, 5.41) is 11.5. The van der Waals surface area contributed by atoms with Gasteiger partial charge < -0.3 is 14.7 Å². The molecule has 1 N–H and O–H groups in total. The Morgan fingerprint density at radius 1 is 1.17 bits per heavy atom. The molecule has 0 radical (unpaired) electrons. The average molecular weight is 428 g/mol. The summed E-state index contributed by atoms with van der Waals surface area (Å²) in [5.74, 6) is -1.08. The van der Waals surface area contributed by atoms with E-state index >= 15 is 0 Å². The van der Waals surface area contributed by atoms with Crippen LogP contribution in [-0.2, 0) is 9.59 Å². The lowest BCUT2D eigenvalue weighted by Gasteiger charge is -2.25. The van der Waals surface area contributed by atoms with Crippen molar-refractivity contribution in [2.24, 2.45) is 0 Å². The van der Waals surface area contributed by atoms with Crippen LogP contribution in [0.2, 0.25) is 5.02 Å². The number of amides is 1.